The molecular weight excluding hydrogens is 252 g/mol. The number of amides is 1. The van der Waals surface area contributed by atoms with E-state index in [0.29, 0.717) is 18.7 Å². The molecule has 3 fully saturated rings. The number of likely N-dealkylation sites (tertiary alicyclic amines) is 2. The molecule has 2 atom stereocenters. The van der Waals surface area contributed by atoms with Crippen molar-refractivity contribution in [3.63, 3.8) is 0 Å². The van der Waals surface area contributed by atoms with E-state index in [4.69, 9.17) is 4.74 Å². The van der Waals surface area contributed by atoms with Crippen LogP contribution in [0.15, 0.2) is 0 Å². The normalized spacial score (nSPS) is 31.1. The van der Waals surface area contributed by atoms with Gasteiger partial charge in [0.25, 0.3) is 0 Å². The van der Waals surface area contributed by atoms with Crippen LogP contribution in [-0.2, 0) is 9.53 Å². The maximum atomic E-state index is 12.4. The van der Waals surface area contributed by atoms with Crippen molar-refractivity contribution in [2.24, 2.45) is 5.92 Å². The highest BCUT2D eigenvalue weighted by atomic mass is 16.5. The van der Waals surface area contributed by atoms with Crippen molar-refractivity contribution < 1.29 is 9.53 Å². The topological polar surface area (TPSA) is 32.8 Å². The molecule has 0 spiro atoms. The molecule has 0 aromatic carbocycles. The number of likely N-dealkylation sites (N-methyl/N-ethyl adjacent to an activating group) is 1. The van der Waals surface area contributed by atoms with Crippen molar-refractivity contribution in [1.82, 2.24) is 9.80 Å². The molecule has 1 saturated carbocycles. The van der Waals surface area contributed by atoms with Gasteiger partial charge in [0.05, 0.1) is 6.61 Å². The Morgan fingerprint density at radius 1 is 1.10 bits per heavy atom. The molecule has 3 rings (SSSR count). The SMILES string of the molecule is CCN1CCCC1C1CCCN1C(=O)COCC1CC1. The maximum absolute atomic E-state index is 12.4. The van der Waals surface area contributed by atoms with Crippen LogP contribution < -0.4 is 0 Å². The zero-order valence-electron chi connectivity index (χ0n) is 12.7. The van der Waals surface area contributed by atoms with Gasteiger partial charge in [-0.1, -0.05) is 6.92 Å². The van der Waals surface area contributed by atoms with E-state index >= 15 is 0 Å². The average Bonchev–Trinajstić information content (AvgIpc) is 2.98. The number of hydrogen-bond donors (Lipinski definition) is 0. The van der Waals surface area contributed by atoms with Crippen LogP contribution in [0.1, 0.15) is 45.4 Å². The molecule has 114 valence electrons. The van der Waals surface area contributed by atoms with Crippen LogP contribution in [0.25, 0.3) is 0 Å². The first-order valence-corrected chi connectivity index (χ1v) is 8.41. The number of carbonyl (C=O) groups is 1. The van der Waals surface area contributed by atoms with E-state index in [1.165, 1.54) is 38.6 Å². The molecule has 0 bridgehead atoms. The third kappa shape index (κ3) is 3.17. The van der Waals surface area contributed by atoms with Gasteiger partial charge in [0.1, 0.15) is 6.61 Å². The van der Waals surface area contributed by atoms with Gasteiger partial charge in [-0.05, 0) is 57.5 Å². The number of hydrogen-bond acceptors (Lipinski definition) is 3. The summed E-state index contributed by atoms with van der Waals surface area (Å²) in [6.07, 6.45) is 7.45. The first-order chi connectivity index (χ1) is 9.79. The Labute approximate surface area is 122 Å². The van der Waals surface area contributed by atoms with Gasteiger partial charge in [0.15, 0.2) is 0 Å². The smallest absolute Gasteiger partial charge is 0.248 e. The highest BCUT2D eigenvalue weighted by Gasteiger charge is 2.39. The second kappa shape index (κ2) is 6.44. The third-order valence-electron chi connectivity index (χ3n) is 5.16. The molecular formula is C16H28N2O2. The van der Waals surface area contributed by atoms with E-state index in [9.17, 15) is 4.79 Å². The monoisotopic (exact) mass is 280 g/mol. The second-order valence-corrected chi connectivity index (χ2v) is 6.59. The van der Waals surface area contributed by atoms with Crippen LogP contribution in [-0.4, -0.2) is 60.6 Å². The Morgan fingerprint density at radius 2 is 1.85 bits per heavy atom. The zero-order chi connectivity index (χ0) is 13.9. The third-order valence-corrected chi connectivity index (χ3v) is 5.16. The lowest BCUT2D eigenvalue weighted by Gasteiger charge is -2.34. The van der Waals surface area contributed by atoms with Crippen molar-refractivity contribution in [1.29, 1.82) is 0 Å². The van der Waals surface area contributed by atoms with Gasteiger partial charge in [-0.25, -0.2) is 0 Å². The van der Waals surface area contributed by atoms with Crippen molar-refractivity contribution in [3.8, 4) is 0 Å². The largest absolute Gasteiger partial charge is 0.371 e. The summed E-state index contributed by atoms with van der Waals surface area (Å²) < 4.78 is 5.59. The quantitative estimate of drug-likeness (QED) is 0.745. The Kier molecular flexibility index (Phi) is 4.61. The predicted octanol–water partition coefficient (Wildman–Crippen LogP) is 1.89. The summed E-state index contributed by atoms with van der Waals surface area (Å²) in [4.78, 5) is 17.1. The summed E-state index contributed by atoms with van der Waals surface area (Å²) in [5.41, 5.74) is 0. The second-order valence-electron chi connectivity index (χ2n) is 6.59. The lowest BCUT2D eigenvalue weighted by Crippen LogP contribution is -2.49. The fourth-order valence-corrected chi connectivity index (χ4v) is 3.86. The van der Waals surface area contributed by atoms with Gasteiger partial charge in [-0.15, -0.1) is 0 Å². The van der Waals surface area contributed by atoms with Gasteiger partial charge < -0.3 is 9.64 Å². The minimum atomic E-state index is 0.219. The Balaban J connectivity index is 1.52. The van der Waals surface area contributed by atoms with Crippen LogP contribution in [0.4, 0.5) is 0 Å². The molecule has 2 aliphatic heterocycles. The molecule has 4 heteroatoms. The summed E-state index contributed by atoms with van der Waals surface area (Å²) in [6, 6.07) is 1.03. The van der Waals surface area contributed by atoms with Crippen LogP contribution in [0, 0.1) is 5.92 Å². The average molecular weight is 280 g/mol. The van der Waals surface area contributed by atoms with E-state index in [0.717, 1.165) is 32.0 Å². The van der Waals surface area contributed by atoms with E-state index in [2.05, 4.69) is 16.7 Å². The number of carbonyl (C=O) groups excluding carboxylic acids is 1. The molecule has 3 aliphatic rings. The molecule has 0 aromatic rings. The van der Waals surface area contributed by atoms with Crippen molar-refractivity contribution >= 4 is 5.91 Å². The molecule has 2 unspecified atom stereocenters. The highest BCUT2D eigenvalue weighted by Crippen LogP contribution is 2.30. The van der Waals surface area contributed by atoms with Crippen molar-refractivity contribution in [3.05, 3.63) is 0 Å². The van der Waals surface area contributed by atoms with Crippen LogP contribution in [0.3, 0.4) is 0 Å². The van der Waals surface area contributed by atoms with Gasteiger partial charge in [-0.3, -0.25) is 9.69 Å². The number of nitrogens with zero attached hydrogens (tertiary/aromatic N) is 2. The first kappa shape index (κ1) is 14.3. The molecule has 20 heavy (non-hydrogen) atoms. The maximum Gasteiger partial charge on any atom is 0.248 e. The van der Waals surface area contributed by atoms with Crippen molar-refractivity contribution in [2.45, 2.75) is 57.5 Å². The van der Waals surface area contributed by atoms with Crippen molar-refractivity contribution in [2.75, 3.05) is 32.8 Å². The summed E-state index contributed by atoms with van der Waals surface area (Å²) >= 11 is 0. The first-order valence-electron chi connectivity index (χ1n) is 8.41. The van der Waals surface area contributed by atoms with E-state index in [-0.39, 0.29) is 5.91 Å². The molecule has 1 amide bonds. The van der Waals surface area contributed by atoms with E-state index in [1.54, 1.807) is 0 Å². The Morgan fingerprint density at radius 3 is 2.60 bits per heavy atom. The number of ether oxygens (including phenoxy) is 1. The standard InChI is InChI=1S/C16H28N2O2/c1-2-17-9-3-5-14(17)15-6-4-10-18(15)16(19)12-20-11-13-7-8-13/h13-15H,2-12H2,1H3. The summed E-state index contributed by atoms with van der Waals surface area (Å²) in [5.74, 6) is 0.957. The molecule has 0 radical (unpaired) electrons. The predicted molar refractivity (Wildman–Crippen MR) is 78.5 cm³/mol. The fraction of sp³-hybridized carbons (Fsp3) is 0.938. The fourth-order valence-electron chi connectivity index (χ4n) is 3.86. The lowest BCUT2D eigenvalue weighted by atomic mass is 10.0. The molecule has 2 heterocycles. The molecule has 1 aliphatic carbocycles. The number of rotatable bonds is 6. The van der Waals surface area contributed by atoms with E-state index < -0.39 is 0 Å². The van der Waals surface area contributed by atoms with Gasteiger partial charge in [-0.2, -0.15) is 0 Å². The summed E-state index contributed by atoms with van der Waals surface area (Å²) in [6.45, 7) is 6.57. The van der Waals surface area contributed by atoms with Gasteiger partial charge in [0.2, 0.25) is 5.91 Å². The minimum absolute atomic E-state index is 0.219. The van der Waals surface area contributed by atoms with Crippen LogP contribution in [0.5, 0.6) is 0 Å². The zero-order valence-corrected chi connectivity index (χ0v) is 12.7. The van der Waals surface area contributed by atoms with Gasteiger partial charge >= 0.3 is 0 Å². The Hall–Kier alpha value is -0.610. The molecule has 0 aromatic heterocycles. The molecule has 4 nitrogen and oxygen atoms in total. The molecule has 0 N–H and O–H groups in total. The molecule has 2 saturated heterocycles. The van der Waals surface area contributed by atoms with E-state index in [1.807, 2.05) is 0 Å². The highest BCUT2D eigenvalue weighted by molar-refractivity contribution is 5.78. The summed E-state index contributed by atoms with van der Waals surface area (Å²) in [7, 11) is 0. The lowest BCUT2D eigenvalue weighted by molar-refractivity contribution is -0.138. The Bertz CT molecular complexity index is 343. The minimum Gasteiger partial charge on any atom is -0.371 e. The summed E-state index contributed by atoms with van der Waals surface area (Å²) in [5, 5.41) is 0. The van der Waals surface area contributed by atoms with Gasteiger partial charge in [0, 0.05) is 18.6 Å². The van der Waals surface area contributed by atoms with Crippen LogP contribution >= 0.6 is 0 Å². The van der Waals surface area contributed by atoms with Crippen LogP contribution in [0.2, 0.25) is 0 Å².